The lowest BCUT2D eigenvalue weighted by molar-refractivity contribution is 0.0174. The van der Waals surface area contributed by atoms with Gasteiger partial charge in [0.2, 0.25) is 5.89 Å². The maximum absolute atomic E-state index is 14.5. The molecule has 1 aromatic carbocycles. The van der Waals surface area contributed by atoms with Crippen LogP contribution >= 0.6 is 12.4 Å². The second kappa shape index (κ2) is 9.07. The van der Waals surface area contributed by atoms with Gasteiger partial charge in [-0.1, -0.05) is 23.4 Å². The summed E-state index contributed by atoms with van der Waals surface area (Å²) in [5.41, 5.74) is 0.555. The molecule has 4 rings (SSSR count). The van der Waals surface area contributed by atoms with Crippen LogP contribution in [0.25, 0.3) is 0 Å². The Morgan fingerprint density at radius 1 is 1.22 bits per heavy atom. The predicted octanol–water partition coefficient (Wildman–Crippen LogP) is 1.63. The Labute approximate surface area is 164 Å². The highest BCUT2D eigenvalue weighted by molar-refractivity contribution is 5.85. The van der Waals surface area contributed by atoms with Crippen molar-refractivity contribution in [3.63, 3.8) is 0 Å². The van der Waals surface area contributed by atoms with Crippen molar-refractivity contribution in [1.29, 1.82) is 0 Å². The monoisotopic (exact) mass is 397 g/mol. The Balaban J connectivity index is 0.00000210. The van der Waals surface area contributed by atoms with E-state index >= 15 is 0 Å². The highest BCUT2D eigenvalue weighted by Crippen LogP contribution is 2.31. The Kier molecular flexibility index (Phi) is 6.78. The maximum Gasteiger partial charge on any atom is 0.248 e. The number of aromatic nitrogens is 2. The van der Waals surface area contributed by atoms with Gasteiger partial charge < -0.3 is 14.6 Å². The fraction of sp³-hybridized carbons (Fsp3) is 0.556. The van der Waals surface area contributed by atoms with Gasteiger partial charge in [-0.15, -0.1) is 12.4 Å². The minimum Gasteiger partial charge on any atom is -0.379 e. The summed E-state index contributed by atoms with van der Waals surface area (Å²) in [6.07, 6.45) is 0. The number of rotatable bonds is 4. The van der Waals surface area contributed by atoms with Crippen LogP contribution in [0.2, 0.25) is 0 Å². The molecule has 3 heterocycles. The number of benzene rings is 1. The average Bonchev–Trinajstić information content (AvgIpc) is 3.14. The van der Waals surface area contributed by atoms with Crippen molar-refractivity contribution < 1.29 is 13.7 Å². The minimum atomic E-state index is -0.400. The summed E-state index contributed by atoms with van der Waals surface area (Å²) in [5.74, 6) is 0.815. The summed E-state index contributed by atoms with van der Waals surface area (Å²) in [5, 5.41) is 7.57. The van der Waals surface area contributed by atoms with Gasteiger partial charge in [0.25, 0.3) is 0 Å². The normalized spacial score (nSPS) is 23.0. The zero-order valence-corrected chi connectivity index (χ0v) is 16.1. The Bertz CT molecular complexity index is 740. The van der Waals surface area contributed by atoms with Crippen LogP contribution in [-0.4, -0.2) is 72.9 Å². The number of halogens is 2. The van der Waals surface area contributed by atoms with Gasteiger partial charge in [-0.25, -0.2) is 4.39 Å². The summed E-state index contributed by atoms with van der Waals surface area (Å²) >= 11 is 0. The van der Waals surface area contributed by atoms with Gasteiger partial charge >= 0.3 is 0 Å². The van der Waals surface area contributed by atoms with E-state index in [1.54, 1.807) is 12.1 Å². The first-order valence-corrected chi connectivity index (χ1v) is 9.04. The van der Waals surface area contributed by atoms with Crippen molar-refractivity contribution in [2.24, 2.45) is 0 Å². The molecule has 2 unspecified atom stereocenters. The molecule has 1 N–H and O–H groups in total. The SMILES string of the molecule is CN1CCNCC1c1noc(C(c2ccccc2F)N2CCOCC2)n1.Cl. The molecular formula is C18H25ClFN5O2. The fourth-order valence-corrected chi connectivity index (χ4v) is 3.61. The lowest BCUT2D eigenvalue weighted by atomic mass is 10.0. The fourth-order valence-electron chi connectivity index (χ4n) is 3.61. The number of likely N-dealkylation sites (N-methyl/N-ethyl adjacent to an activating group) is 1. The largest absolute Gasteiger partial charge is 0.379 e. The topological polar surface area (TPSA) is 66.7 Å². The Morgan fingerprint density at radius 2 is 2.00 bits per heavy atom. The molecule has 0 bridgehead atoms. The molecule has 148 valence electrons. The molecule has 27 heavy (non-hydrogen) atoms. The summed E-state index contributed by atoms with van der Waals surface area (Å²) in [6, 6.07) is 6.45. The van der Waals surface area contributed by atoms with E-state index in [1.807, 2.05) is 6.07 Å². The van der Waals surface area contributed by atoms with Crippen molar-refractivity contribution in [1.82, 2.24) is 25.3 Å². The van der Waals surface area contributed by atoms with E-state index in [1.165, 1.54) is 6.07 Å². The van der Waals surface area contributed by atoms with E-state index in [2.05, 4.69) is 32.3 Å². The number of hydrogen-bond donors (Lipinski definition) is 1. The number of morpholine rings is 1. The Morgan fingerprint density at radius 3 is 2.74 bits per heavy atom. The third-order valence-corrected chi connectivity index (χ3v) is 5.11. The van der Waals surface area contributed by atoms with Crippen LogP contribution in [0.3, 0.4) is 0 Å². The number of nitrogens with zero attached hydrogens (tertiary/aromatic N) is 4. The summed E-state index contributed by atoms with van der Waals surface area (Å²) < 4.78 is 25.6. The molecule has 9 heteroatoms. The van der Waals surface area contributed by atoms with E-state index in [-0.39, 0.29) is 24.3 Å². The Hall–Kier alpha value is -1.58. The van der Waals surface area contributed by atoms with Crippen LogP contribution in [0.15, 0.2) is 28.8 Å². The molecule has 2 aromatic rings. The second-order valence-electron chi connectivity index (χ2n) is 6.76. The minimum absolute atomic E-state index is 0. The van der Waals surface area contributed by atoms with E-state index in [0.29, 0.717) is 43.6 Å². The number of hydrogen-bond acceptors (Lipinski definition) is 7. The van der Waals surface area contributed by atoms with Crippen LogP contribution < -0.4 is 5.32 Å². The molecule has 2 aliphatic heterocycles. The molecular weight excluding hydrogens is 373 g/mol. The third-order valence-electron chi connectivity index (χ3n) is 5.11. The van der Waals surface area contributed by atoms with Crippen LogP contribution in [0, 0.1) is 5.82 Å². The zero-order chi connectivity index (χ0) is 17.9. The summed E-state index contributed by atoms with van der Waals surface area (Å²) in [6.45, 7) is 5.27. The van der Waals surface area contributed by atoms with Crippen molar-refractivity contribution in [2.45, 2.75) is 12.1 Å². The van der Waals surface area contributed by atoms with E-state index in [0.717, 1.165) is 19.6 Å². The first kappa shape index (κ1) is 20.2. The van der Waals surface area contributed by atoms with Gasteiger partial charge in [-0.05, 0) is 13.1 Å². The van der Waals surface area contributed by atoms with Crippen LogP contribution in [0.5, 0.6) is 0 Å². The van der Waals surface area contributed by atoms with Crippen LogP contribution in [0.1, 0.15) is 29.4 Å². The smallest absolute Gasteiger partial charge is 0.248 e. The molecule has 2 saturated heterocycles. The van der Waals surface area contributed by atoms with Gasteiger partial charge in [-0.2, -0.15) is 4.98 Å². The highest BCUT2D eigenvalue weighted by atomic mass is 35.5. The molecule has 0 spiro atoms. The molecule has 0 saturated carbocycles. The van der Waals surface area contributed by atoms with Gasteiger partial charge in [0.1, 0.15) is 11.9 Å². The van der Waals surface area contributed by atoms with Crippen molar-refractivity contribution in [3.8, 4) is 0 Å². The summed E-state index contributed by atoms with van der Waals surface area (Å²) in [4.78, 5) is 9.02. The first-order chi connectivity index (χ1) is 12.7. The number of piperazine rings is 1. The van der Waals surface area contributed by atoms with Gasteiger partial charge in [-0.3, -0.25) is 9.80 Å². The van der Waals surface area contributed by atoms with Gasteiger partial charge in [0, 0.05) is 38.3 Å². The molecule has 1 aromatic heterocycles. The standard InChI is InChI=1S/C18H24FN5O2.ClH/c1-23-7-6-20-12-15(23)17-21-18(26-22-17)16(24-8-10-25-11-9-24)13-4-2-3-5-14(13)19;/h2-5,15-16,20H,6-12H2,1H3;1H. The second-order valence-corrected chi connectivity index (χ2v) is 6.76. The van der Waals surface area contributed by atoms with Gasteiger partial charge in [0.15, 0.2) is 5.82 Å². The van der Waals surface area contributed by atoms with Gasteiger partial charge in [0.05, 0.1) is 19.3 Å². The third kappa shape index (κ3) is 4.30. The lowest BCUT2D eigenvalue weighted by Crippen LogP contribution is -2.44. The number of nitrogens with one attached hydrogen (secondary N) is 1. The van der Waals surface area contributed by atoms with E-state index < -0.39 is 6.04 Å². The molecule has 0 radical (unpaired) electrons. The van der Waals surface area contributed by atoms with Crippen molar-refractivity contribution >= 4 is 12.4 Å². The highest BCUT2D eigenvalue weighted by Gasteiger charge is 2.33. The molecule has 2 atom stereocenters. The average molecular weight is 398 g/mol. The van der Waals surface area contributed by atoms with Crippen molar-refractivity contribution in [3.05, 3.63) is 47.4 Å². The zero-order valence-electron chi connectivity index (χ0n) is 15.3. The predicted molar refractivity (Wildman–Crippen MR) is 100 cm³/mol. The molecule has 2 fully saturated rings. The van der Waals surface area contributed by atoms with E-state index in [9.17, 15) is 4.39 Å². The van der Waals surface area contributed by atoms with E-state index in [4.69, 9.17) is 9.26 Å². The summed E-state index contributed by atoms with van der Waals surface area (Å²) in [7, 11) is 2.05. The quantitative estimate of drug-likeness (QED) is 0.841. The number of ether oxygens (including phenoxy) is 1. The first-order valence-electron chi connectivity index (χ1n) is 9.04. The molecule has 7 nitrogen and oxygen atoms in total. The maximum atomic E-state index is 14.5. The van der Waals surface area contributed by atoms with Crippen LogP contribution in [-0.2, 0) is 4.74 Å². The lowest BCUT2D eigenvalue weighted by Gasteiger charge is -2.32. The van der Waals surface area contributed by atoms with Crippen LogP contribution in [0.4, 0.5) is 4.39 Å². The van der Waals surface area contributed by atoms with Crippen molar-refractivity contribution in [2.75, 3.05) is 53.0 Å². The molecule has 0 amide bonds. The molecule has 2 aliphatic rings. The molecule has 0 aliphatic carbocycles.